The van der Waals surface area contributed by atoms with E-state index in [1.807, 2.05) is 18.2 Å². The number of nitrogens with zero attached hydrogens (tertiary/aromatic N) is 1. The van der Waals surface area contributed by atoms with Gasteiger partial charge in [-0.2, -0.15) is 13.2 Å². The van der Waals surface area contributed by atoms with Crippen molar-refractivity contribution in [3.05, 3.63) is 59.4 Å². The number of pyridine rings is 1. The number of fused-ring (bicyclic) bond motifs is 1. The number of nitrogens with one attached hydrogen (secondary N) is 2. The fraction of sp³-hybridized carbons (Fsp3) is 0.333. The van der Waals surface area contributed by atoms with Crippen LogP contribution in [0.5, 0.6) is 5.88 Å². The lowest BCUT2D eigenvalue weighted by molar-refractivity contribution is -0.154. The minimum Gasteiger partial charge on any atom is -0.468 e. The van der Waals surface area contributed by atoms with Gasteiger partial charge in [-0.05, 0) is 35.2 Å². The number of hydrogen-bond donors (Lipinski definition) is 2. The first-order valence-corrected chi connectivity index (χ1v) is 9.08. The molecule has 3 rings (SSSR count). The summed E-state index contributed by atoms with van der Waals surface area (Å²) in [7, 11) is 0. The molecule has 3 aromatic rings. The van der Waals surface area contributed by atoms with Crippen LogP contribution in [0.4, 0.5) is 13.2 Å². The molecular formula is C21H22F3N3O2. The molecule has 0 aliphatic rings. The van der Waals surface area contributed by atoms with Crippen LogP contribution in [0.1, 0.15) is 42.5 Å². The Bertz CT molecular complexity index is 1020. The van der Waals surface area contributed by atoms with Crippen molar-refractivity contribution in [2.24, 2.45) is 0 Å². The molecule has 2 heterocycles. The number of amides is 1. The average Bonchev–Trinajstić information content (AvgIpc) is 3.07. The minimum absolute atomic E-state index is 0.00124. The van der Waals surface area contributed by atoms with Crippen molar-refractivity contribution in [3.8, 4) is 5.88 Å². The summed E-state index contributed by atoms with van der Waals surface area (Å²) >= 11 is 0. The van der Waals surface area contributed by atoms with Gasteiger partial charge in [0.1, 0.15) is 5.69 Å². The molecule has 0 saturated carbocycles. The zero-order chi connectivity index (χ0) is 21.2. The SMILES string of the molecule is CC(C)(C)c1ccc2[nH]c(C(=O)NCc3cccc(OCC(F)(F)F)n3)cc2c1. The quantitative estimate of drug-likeness (QED) is 0.645. The van der Waals surface area contributed by atoms with Crippen molar-refractivity contribution >= 4 is 16.8 Å². The van der Waals surface area contributed by atoms with Crippen LogP contribution >= 0.6 is 0 Å². The Labute approximate surface area is 166 Å². The van der Waals surface area contributed by atoms with Crippen molar-refractivity contribution < 1.29 is 22.7 Å². The van der Waals surface area contributed by atoms with Gasteiger partial charge in [0.15, 0.2) is 6.61 Å². The molecule has 5 nitrogen and oxygen atoms in total. The zero-order valence-corrected chi connectivity index (χ0v) is 16.4. The second-order valence-corrected chi connectivity index (χ2v) is 7.79. The number of carbonyl (C=O) groups excluding carboxylic acids is 1. The summed E-state index contributed by atoms with van der Waals surface area (Å²) in [5.74, 6) is -0.476. The van der Waals surface area contributed by atoms with Crippen molar-refractivity contribution in [1.29, 1.82) is 0 Å². The van der Waals surface area contributed by atoms with E-state index in [1.54, 1.807) is 12.1 Å². The number of rotatable bonds is 5. The Morgan fingerprint density at radius 3 is 2.59 bits per heavy atom. The Hall–Kier alpha value is -3.03. The standard InChI is InChI=1S/C21H22F3N3O2/c1-20(2,3)14-7-8-16-13(9-14)10-17(27-16)19(28)25-11-15-5-4-6-18(26-15)29-12-21(22,23)24/h4-10,27H,11-12H2,1-3H3,(H,25,28). The molecule has 0 aliphatic heterocycles. The third kappa shape index (κ3) is 5.49. The minimum atomic E-state index is -4.44. The summed E-state index contributed by atoms with van der Waals surface area (Å²) in [5, 5.41) is 3.64. The number of benzene rings is 1. The maximum atomic E-state index is 12.5. The average molecular weight is 405 g/mol. The van der Waals surface area contributed by atoms with E-state index in [9.17, 15) is 18.0 Å². The number of halogens is 3. The molecule has 0 atom stereocenters. The van der Waals surface area contributed by atoms with Crippen molar-refractivity contribution in [2.45, 2.75) is 38.9 Å². The molecule has 2 N–H and O–H groups in total. The van der Waals surface area contributed by atoms with Gasteiger partial charge in [0.2, 0.25) is 5.88 Å². The van der Waals surface area contributed by atoms with Crippen LogP contribution in [0.2, 0.25) is 0 Å². The van der Waals surface area contributed by atoms with Gasteiger partial charge in [-0.3, -0.25) is 4.79 Å². The fourth-order valence-corrected chi connectivity index (χ4v) is 2.78. The van der Waals surface area contributed by atoms with Gasteiger partial charge in [0.25, 0.3) is 5.91 Å². The van der Waals surface area contributed by atoms with E-state index in [4.69, 9.17) is 0 Å². The predicted molar refractivity (Wildman–Crippen MR) is 104 cm³/mol. The highest BCUT2D eigenvalue weighted by atomic mass is 19.4. The second-order valence-electron chi connectivity index (χ2n) is 7.79. The maximum absolute atomic E-state index is 12.5. The summed E-state index contributed by atoms with van der Waals surface area (Å²) in [6.45, 7) is 5.00. The van der Waals surface area contributed by atoms with Gasteiger partial charge < -0.3 is 15.0 Å². The summed E-state index contributed by atoms with van der Waals surface area (Å²) < 4.78 is 41.4. The van der Waals surface area contributed by atoms with Crippen molar-refractivity contribution in [1.82, 2.24) is 15.3 Å². The normalized spacial score (nSPS) is 12.2. The molecule has 1 aromatic carbocycles. The molecule has 0 fully saturated rings. The van der Waals surface area contributed by atoms with Crippen LogP contribution in [0.3, 0.4) is 0 Å². The highest BCUT2D eigenvalue weighted by Crippen LogP contribution is 2.26. The molecule has 154 valence electrons. The van der Waals surface area contributed by atoms with Gasteiger partial charge in [0, 0.05) is 17.0 Å². The molecule has 29 heavy (non-hydrogen) atoms. The van der Waals surface area contributed by atoms with Crippen molar-refractivity contribution in [3.63, 3.8) is 0 Å². The summed E-state index contributed by atoms with van der Waals surface area (Å²) in [5.41, 5.74) is 2.80. The topological polar surface area (TPSA) is 67.0 Å². The second kappa shape index (κ2) is 7.77. The van der Waals surface area contributed by atoms with E-state index >= 15 is 0 Å². The van der Waals surface area contributed by atoms with Crippen LogP contribution in [0.15, 0.2) is 42.5 Å². The van der Waals surface area contributed by atoms with E-state index in [0.717, 1.165) is 16.5 Å². The highest BCUT2D eigenvalue weighted by molar-refractivity contribution is 5.98. The zero-order valence-electron chi connectivity index (χ0n) is 16.4. The molecular weight excluding hydrogens is 383 g/mol. The molecule has 2 aromatic heterocycles. The van der Waals surface area contributed by atoms with E-state index in [1.165, 1.54) is 12.1 Å². The van der Waals surface area contributed by atoms with Crippen LogP contribution in [0.25, 0.3) is 10.9 Å². The van der Waals surface area contributed by atoms with Crippen molar-refractivity contribution in [2.75, 3.05) is 6.61 Å². The maximum Gasteiger partial charge on any atom is 0.422 e. The number of H-pyrrole nitrogens is 1. The fourth-order valence-electron chi connectivity index (χ4n) is 2.78. The van der Waals surface area contributed by atoms with E-state index in [-0.39, 0.29) is 23.7 Å². The lowest BCUT2D eigenvalue weighted by atomic mass is 9.86. The highest BCUT2D eigenvalue weighted by Gasteiger charge is 2.28. The third-order valence-corrected chi connectivity index (χ3v) is 4.33. The first-order valence-electron chi connectivity index (χ1n) is 9.08. The number of hydrogen-bond acceptors (Lipinski definition) is 3. The first kappa shape index (κ1) is 20.7. The van der Waals surface area contributed by atoms with E-state index in [0.29, 0.717) is 11.4 Å². The van der Waals surface area contributed by atoms with Crippen LogP contribution in [-0.4, -0.2) is 28.7 Å². The molecule has 0 unspecified atom stereocenters. The monoisotopic (exact) mass is 405 g/mol. The Balaban J connectivity index is 1.66. The van der Waals surface area contributed by atoms with Gasteiger partial charge >= 0.3 is 6.18 Å². The van der Waals surface area contributed by atoms with Gasteiger partial charge in [-0.1, -0.05) is 32.9 Å². The summed E-state index contributed by atoms with van der Waals surface area (Å²) in [6, 6.07) is 12.2. The molecule has 0 radical (unpaired) electrons. The largest absolute Gasteiger partial charge is 0.468 e. The Morgan fingerprint density at radius 2 is 1.90 bits per heavy atom. The van der Waals surface area contributed by atoms with E-state index < -0.39 is 12.8 Å². The summed E-state index contributed by atoms with van der Waals surface area (Å²) in [6.07, 6.45) is -4.44. The van der Waals surface area contributed by atoms with Gasteiger partial charge in [0.05, 0.1) is 12.2 Å². The number of carbonyl (C=O) groups is 1. The lowest BCUT2D eigenvalue weighted by Gasteiger charge is -2.18. The predicted octanol–water partition coefficient (Wildman–Crippen LogP) is 4.73. The molecule has 8 heteroatoms. The van der Waals surface area contributed by atoms with Crippen LogP contribution in [-0.2, 0) is 12.0 Å². The number of alkyl halides is 3. The lowest BCUT2D eigenvalue weighted by Crippen LogP contribution is -2.24. The first-order chi connectivity index (χ1) is 13.5. The Kier molecular flexibility index (Phi) is 5.55. The number of aromatic amines is 1. The van der Waals surface area contributed by atoms with Gasteiger partial charge in [-0.25, -0.2) is 4.98 Å². The molecule has 0 aliphatic carbocycles. The summed E-state index contributed by atoms with van der Waals surface area (Å²) in [4.78, 5) is 19.5. The number of aromatic nitrogens is 2. The Morgan fingerprint density at radius 1 is 1.14 bits per heavy atom. The molecule has 0 spiro atoms. The van der Waals surface area contributed by atoms with Crippen LogP contribution < -0.4 is 10.1 Å². The van der Waals surface area contributed by atoms with Gasteiger partial charge in [-0.15, -0.1) is 0 Å². The number of ether oxygens (including phenoxy) is 1. The van der Waals surface area contributed by atoms with E-state index in [2.05, 4.69) is 40.8 Å². The smallest absolute Gasteiger partial charge is 0.422 e. The third-order valence-electron chi connectivity index (χ3n) is 4.33. The molecule has 1 amide bonds. The van der Waals surface area contributed by atoms with Crippen LogP contribution in [0, 0.1) is 0 Å². The molecule has 0 saturated heterocycles. The molecule has 0 bridgehead atoms.